The number of piperidine rings is 1. The Morgan fingerprint density at radius 1 is 1.12 bits per heavy atom. The summed E-state index contributed by atoms with van der Waals surface area (Å²) in [6.07, 6.45) is -0.450. The molecule has 0 saturated carbocycles. The standard InChI is InChI=1S/C24H32ClF2N3O4/c1-23(2,3)34-22(32)30-10-11-33-15-20(30)18-13-17(25)12-16-4-7-29(14-19(16)18)21(31)28-8-5-24(26,27)6-9-28/h12-13,20H,4-11,14-15H2,1-3H3/t20-/m0/s1. The minimum absolute atomic E-state index is 0.0472. The van der Waals surface area contributed by atoms with E-state index in [-0.39, 0.29) is 32.0 Å². The second kappa shape index (κ2) is 9.49. The summed E-state index contributed by atoms with van der Waals surface area (Å²) in [5, 5.41) is 0.557. The summed E-state index contributed by atoms with van der Waals surface area (Å²) in [6, 6.07) is 3.09. The molecule has 1 atom stereocenters. The highest BCUT2D eigenvalue weighted by Crippen LogP contribution is 2.36. The van der Waals surface area contributed by atoms with Crippen LogP contribution in [0.5, 0.6) is 0 Å². The van der Waals surface area contributed by atoms with Crippen molar-refractivity contribution >= 4 is 23.7 Å². The monoisotopic (exact) mass is 499 g/mol. The van der Waals surface area contributed by atoms with Crippen molar-refractivity contribution in [2.24, 2.45) is 0 Å². The number of rotatable bonds is 1. The first-order valence-electron chi connectivity index (χ1n) is 11.7. The van der Waals surface area contributed by atoms with Crippen LogP contribution in [0, 0.1) is 0 Å². The van der Waals surface area contributed by atoms with Gasteiger partial charge in [0.2, 0.25) is 0 Å². The second-order valence-corrected chi connectivity index (χ2v) is 10.6. The highest BCUT2D eigenvalue weighted by atomic mass is 35.5. The van der Waals surface area contributed by atoms with Gasteiger partial charge in [-0.1, -0.05) is 11.6 Å². The third kappa shape index (κ3) is 5.57. The minimum Gasteiger partial charge on any atom is -0.444 e. The molecule has 188 valence electrons. The Balaban J connectivity index is 1.58. The lowest BCUT2D eigenvalue weighted by molar-refractivity contribution is -0.0494. The van der Waals surface area contributed by atoms with Gasteiger partial charge in [-0.3, -0.25) is 4.90 Å². The number of alkyl halides is 2. The lowest BCUT2D eigenvalue weighted by Gasteiger charge is -2.40. The molecule has 1 aromatic carbocycles. The molecule has 34 heavy (non-hydrogen) atoms. The molecule has 2 saturated heterocycles. The van der Waals surface area contributed by atoms with E-state index in [1.165, 1.54) is 4.90 Å². The van der Waals surface area contributed by atoms with E-state index in [2.05, 4.69) is 0 Å². The molecule has 3 aliphatic rings. The average molecular weight is 500 g/mol. The average Bonchev–Trinajstić information content (AvgIpc) is 2.76. The van der Waals surface area contributed by atoms with Crippen molar-refractivity contribution in [3.63, 3.8) is 0 Å². The maximum absolute atomic E-state index is 13.6. The first-order valence-corrected chi connectivity index (χ1v) is 12.1. The minimum atomic E-state index is -2.71. The van der Waals surface area contributed by atoms with Crippen molar-refractivity contribution in [1.29, 1.82) is 0 Å². The van der Waals surface area contributed by atoms with Gasteiger partial charge in [0.05, 0.1) is 19.3 Å². The molecule has 0 spiro atoms. The van der Waals surface area contributed by atoms with Crippen molar-refractivity contribution in [3.05, 3.63) is 33.8 Å². The molecule has 0 aromatic heterocycles. The van der Waals surface area contributed by atoms with Crippen LogP contribution in [0.3, 0.4) is 0 Å². The number of carbonyl (C=O) groups is 2. The third-order valence-corrected chi connectivity index (χ3v) is 6.71. The summed E-state index contributed by atoms with van der Waals surface area (Å²) in [4.78, 5) is 31.0. The number of halogens is 3. The Hall–Kier alpha value is -2.13. The SMILES string of the molecule is CC(C)(C)OC(=O)N1CCOC[C@H]1c1cc(Cl)cc2c1CN(C(=O)N1CCC(F)(F)CC1)CC2. The van der Waals surface area contributed by atoms with Gasteiger partial charge in [0, 0.05) is 50.6 Å². The topological polar surface area (TPSA) is 62.3 Å². The fraction of sp³-hybridized carbons (Fsp3) is 0.667. The molecule has 0 bridgehead atoms. The van der Waals surface area contributed by atoms with Crippen LogP contribution in [0.25, 0.3) is 0 Å². The fourth-order valence-electron chi connectivity index (χ4n) is 4.74. The van der Waals surface area contributed by atoms with Gasteiger partial charge in [-0.2, -0.15) is 0 Å². The van der Waals surface area contributed by atoms with Crippen LogP contribution < -0.4 is 0 Å². The Morgan fingerprint density at radius 2 is 1.82 bits per heavy atom. The van der Waals surface area contributed by atoms with Crippen LogP contribution in [0.2, 0.25) is 5.02 Å². The molecule has 2 fully saturated rings. The van der Waals surface area contributed by atoms with Gasteiger partial charge in [-0.15, -0.1) is 0 Å². The Labute approximate surface area is 203 Å². The number of urea groups is 1. The number of morpholine rings is 1. The first kappa shape index (κ1) is 25.0. The predicted molar refractivity (Wildman–Crippen MR) is 123 cm³/mol. The summed E-state index contributed by atoms with van der Waals surface area (Å²) in [5.74, 6) is -2.71. The number of carbonyl (C=O) groups excluding carboxylic acids is 2. The Kier molecular flexibility index (Phi) is 6.97. The van der Waals surface area contributed by atoms with Gasteiger partial charge >= 0.3 is 12.1 Å². The maximum Gasteiger partial charge on any atom is 0.410 e. The van der Waals surface area contributed by atoms with E-state index in [0.717, 1.165) is 16.7 Å². The van der Waals surface area contributed by atoms with Crippen molar-refractivity contribution in [1.82, 2.24) is 14.7 Å². The lowest BCUT2D eigenvalue weighted by atomic mass is 9.90. The summed E-state index contributed by atoms with van der Waals surface area (Å²) < 4.78 is 38.5. The Morgan fingerprint density at radius 3 is 2.50 bits per heavy atom. The molecule has 0 N–H and O–H groups in total. The van der Waals surface area contributed by atoms with Crippen LogP contribution in [0.4, 0.5) is 18.4 Å². The summed E-state index contributed by atoms with van der Waals surface area (Å²) in [6.45, 7) is 7.44. The van der Waals surface area contributed by atoms with Gasteiger partial charge in [-0.25, -0.2) is 18.4 Å². The molecule has 0 aliphatic carbocycles. The second-order valence-electron chi connectivity index (χ2n) is 10.2. The number of hydrogen-bond acceptors (Lipinski definition) is 4. The summed E-state index contributed by atoms with van der Waals surface area (Å²) >= 11 is 6.45. The van der Waals surface area contributed by atoms with Gasteiger partial charge in [0.25, 0.3) is 5.92 Å². The van der Waals surface area contributed by atoms with E-state index in [4.69, 9.17) is 21.1 Å². The molecule has 3 heterocycles. The number of amides is 3. The number of hydrogen-bond donors (Lipinski definition) is 0. The van der Waals surface area contributed by atoms with Gasteiger partial charge < -0.3 is 19.3 Å². The number of ether oxygens (including phenoxy) is 2. The molecular weight excluding hydrogens is 468 g/mol. The smallest absolute Gasteiger partial charge is 0.410 e. The molecule has 3 aliphatic heterocycles. The van der Waals surface area contributed by atoms with Crippen molar-refractivity contribution in [3.8, 4) is 0 Å². The van der Waals surface area contributed by atoms with Crippen molar-refractivity contribution < 1.29 is 27.8 Å². The van der Waals surface area contributed by atoms with Crippen LogP contribution in [0.15, 0.2) is 12.1 Å². The largest absolute Gasteiger partial charge is 0.444 e. The van der Waals surface area contributed by atoms with Gasteiger partial charge in [0.15, 0.2) is 0 Å². The van der Waals surface area contributed by atoms with Crippen LogP contribution in [-0.4, -0.2) is 77.7 Å². The highest BCUT2D eigenvalue weighted by Gasteiger charge is 2.39. The van der Waals surface area contributed by atoms with Crippen molar-refractivity contribution in [2.75, 3.05) is 39.4 Å². The van der Waals surface area contributed by atoms with Crippen molar-refractivity contribution in [2.45, 2.75) is 64.1 Å². The maximum atomic E-state index is 13.6. The molecule has 7 nitrogen and oxygen atoms in total. The molecule has 10 heteroatoms. The molecule has 1 aromatic rings. The number of fused-ring (bicyclic) bond motifs is 1. The molecule has 0 unspecified atom stereocenters. The van der Waals surface area contributed by atoms with E-state index in [0.29, 0.717) is 44.3 Å². The fourth-order valence-corrected chi connectivity index (χ4v) is 4.99. The predicted octanol–water partition coefficient (Wildman–Crippen LogP) is 4.86. The first-order chi connectivity index (χ1) is 15.9. The molecule has 3 amide bonds. The normalized spacial score (nSPS) is 22.9. The van der Waals surface area contributed by atoms with E-state index in [1.807, 2.05) is 32.9 Å². The Bertz CT molecular complexity index is 943. The van der Waals surface area contributed by atoms with Gasteiger partial charge in [-0.05, 0) is 56.0 Å². The highest BCUT2D eigenvalue weighted by molar-refractivity contribution is 6.30. The van der Waals surface area contributed by atoms with E-state index in [1.54, 1.807) is 9.80 Å². The van der Waals surface area contributed by atoms with E-state index < -0.39 is 23.7 Å². The number of benzene rings is 1. The summed E-state index contributed by atoms with van der Waals surface area (Å²) in [7, 11) is 0. The van der Waals surface area contributed by atoms with Crippen LogP contribution in [-0.2, 0) is 22.4 Å². The van der Waals surface area contributed by atoms with E-state index >= 15 is 0 Å². The number of nitrogens with zero attached hydrogens (tertiary/aromatic N) is 3. The molecular formula is C24H32ClF2N3O4. The van der Waals surface area contributed by atoms with Crippen LogP contribution in [0.1, 0.15) is 56.3 Å². The quantitative estimate of drug-likeness (QED) is 0.553. The van der Waals surface area contributed by atoms with Crippen LogP contribution >= 0.6 is 11.6 Å². The van der Waals surface area contributed by atoms with Gasteiger partial charge in [0.1, 0.15) is 5.60 Å². The zero-order chi connectivity index (χ0) is 24.7. The zero-order valence-electron chi connectivity index (χ0n) is 19.9. The zero-order valence-corrected chi connectivity index (χ0v) is 20.7. The lowest BCUT2D eigenvalue weighted by Crippen LogP contribution is -2.50. The molecule has 0 radical (unpaired) electrons. The third-order valence-electron chi connectivity index (χ3n) is 6.49. The summed E-state index contributed by atoms with van der Waals surface area (Å²) in [5.41, 5.74) is 2.14. The van der Waals surface area contributed by atoms with E-state index in [9.17, 15) is 18.4 Å². The number of likely N-dealkylation sites (tertiary alicyclic amines) is 1. The molecule has 4 rings (SSSR count).